The Bertz CT molecular complexity index is 565. The van der Waals surface area contributed by atoms with Gasteiger partial charge in [0.2, 0.25) is 17.7 Å². The summed E-state index contributed by atoms with van der Waals surface area (Å²) in [6, 6.07) is -3.08. The van der Waals surface area contributed by atoms with Crippen LogP contribution in [0, 0.1) is 5.92 Å². The van der Waals surface area contributed by atoms with Crippen molar-refractivity contribution < 1.29 is 34.2 Å². The second-order valence-corrected chi connectivity index (χ2v) is 6.27. The summed E-state index contributed by atoms with van der Waals surface area (Å²) in [6.45, 7) is 4.32. The predicted octanol–water partition coefficient (Wildman–Crippen LogP) is -1.59. The minimum absolute atomic E-state index is 0.235. The average Bonchev–Trinajstić information content (AvgIpc) is 2.59. The van der Waals surface area contributed by atoms with Crippen molar-refractivity contribution in [2.45, 2.75) is 58.2 Å². The molecule has 0 saturated carbocycles. The maximum absolute atomic E-state index is 12.6. The van der Waals surface area contributed by atoms with Crippen LogP contribution >= 0.6 is 0 Å². The van der Waals surface area contributed by atoms with Crippen LogP contribution in [0.25, 0.3) is 0 Å². The number of hydrogen-bond acceptors (Lipinski definition) is 6. The van der Waals surface area contributed by atoms with Crippen molar-refractivity contribution in [1.82, 2.24) is 16.0 Å². The van der Waals surface area contributed by atoms with Gasteiger partial charge in [-0.1, -0.05) is 20.3 Å². The van der Waals surface area contributed by atoms with Crippen molar-refractivity contribution in [3.8, 4) is 0 Å². The zero-order chi connectivity index (χ0) is 21.1. The van der Waals surface area contributed by atoms with Gasteiger partial charge in [-0.15, -0.1) is 0 Å². The Kier molecular flexibility index (Phi) is 10.7. The molecule has 4 atom stereocenters. The number of nitrogens with two attached hydrogens (primary N) is 1. The molecule has 0 aliphatic carbocycles. The van der Waals surface area contributed by atoms with Crippen molar-refractivity contribution >= 4 is 29.7 Å². The van der Waals surface area contributed by atoms with Gasteiger partial charge in [-0.05, 0) is 19.3 Å². The first-order valence-corrected chi connectivity index (χ1v) is 8.57. The highest BCUT2D eigenvalue weighted by atomic mass is 16.4. The number of nitrogens with one attached hydrogen (secondary N) is 3. The number of carbonyl (C=O) groups excluding carboxylic acids is 3. The van der Waals surface area contributed by atoms with Crippen LogP contribution in [-0.2, 0) is 24.0 Å². The van der Waals surface area contributed by atoms with E-state index in [4.69, 9.17) is 15.9 Å². The minimum Gasteiger partial charge on any atom is -0.481 e. The van der Waals surface area contributed by atoms with E-state index in [9.17, 15) is 24.0 Å². The van der Waals surface area contributed by atoms with E-state index in [1.807, 2.05) is 6.92 Å². The molecule has 27 heavy (non-hydrogen) atoms. The molecular formula is C16H28N4O7. The molecule has 7 N–H and O–H groups in total. The van der Waals surface area contributed by atoms with E-state index in [1.165, 1.54) is 6.92 Å². The highest BCUT2D eigenvalue weighted by molar-refractivity contribution is 5.93. The number of carbonyl (C=O) groups is 5. The van der Waals surface area contributed by atoms with E-state index in [0.717, 1.165) is 0 Å². The lowest BCUT2D eigenvalue weighted by Crippen LogP contribution is -2.57. The van der Waals surface area contributed by atoms with E-state index >= 15 is 0 Å². The van der Waals surface area contributed by atoms with Crippen molar-refractivity contribution in [2.75, 3.05) is 6.54 Å². The molecule has 0 radical (unpaired) electrons. The molecular weight excluding hydrogens is 360 g/mol. The fraction of sp³-hybridized carbons (Fsp3) is 0.688. The van der Waals surface area contributed by atoms with E-state index < -0.39 is 60.8 Å². The molecule has 154 valence electrons. The van der Waals surface area contributed by atoms with E-state index in [0.29, 0.717) is 6.42 Å². The Morgan fingerprint density at radius 1 is 0.926 bits per heavy atom. The quantitative estimate of drug-likeness (QED) is 0.231. The average molecular weight is 388 g/mol. The van der Waals surface area contributed by atoms with Crippen LogP contribution in [0.5, 0.6) is 0 Å². The molecule has 0 rings (SSSR count). The van der Waals surface area contributed by atoms with Crippen LogP contribution < -0.4 is 21.7 Å². The second-order valence-electron chi connectivity index (χ2n) is 6.27. The first-order valence-electron chi connectivity index (χ1n) is 8.57. The SMILES string of the molecule is CCC(C)C(NC(=O)C(C)N)C(=O)NC(CCC(=O)O)C(=O)NCC(=O)O. The number of amides is 3. The van der Waals surface area contributed by atoms with Gasteiger partial charge in [0.05, 0.1) is 6.04 Å². The van der Waals surface area contributed by atoms with Gasteiger partial charge < -0.3 is 31.9 Å². The minimum atomic E-state index is -1.28. The van der Waals surface area contributed by atoms with Crippen molar-refractivity contribution in [3.05, 3.63) is 0 Å². The Morgan fingerprint density at radius 2 is 1.52 bits per heavy atom. The number of aliphatic carboxylic acids is 2. The summed E-state index contributed by atoms with van der Waals surface area (Å²) in [6.07, 6.45) is -0.102. The van der Waals surface area contributed by atoms with Gasteiger partial charge in [0.15, 0.2) is 0 Å². The van der Waals surface area contributed by atoms with Crippen LogP contribution in [-0.4, -0.2) is 64.5 Å². The Balaban J connectivity index is 5.25. The molecule has 0 aromatic heterocycles. The summed E-state index contributed by atoms with van der Waals surface area (Å²) in [5.41, 5.74) is 5.50. The highest BCUT2D eigenvalue weighted by Crippen LogP contribution is 2.09. The zero-order valence-corrected chi connectivity index (χ0v) is 15.7. The van der Waals surface area contributed by atoms with Gasteiger partial charge in [-0.25, -0.2) is 0 Å². The first-order chi connectivity index (χ1) is 12.5. The molecule has 0 saturated heterocycles. The third-order valence-electron chi connectivity index (χ3n) is 3.90. The lowest BCUT2D eigenvalue weighted by molar-refractivity contribution is -0.140. The van der Waals surface area contributed by atoms with Crippen LogP contribution in [0.1, 0.15) is 40.0 Å². The van der Waals surface area contributed by atoms with Crippen LogP contribution in [0.2, 0.25) is 0 Å². The van der Waals surface area contributed by atoms with Gasteiger partial charge in [0.25, 0.3) is 0 Å². The fourth-order valence-electron chi connectivity index (χ4n) is 2.07. The fourth-order valence-corrected chi connectivity index (χ4v) is 2.07. The Morgan fingerprint density at radius 3 is 1.96 bits per heavy atom. The number of carboxylic acid groups (broad SMARTS) is 2. The first kappa shape index (κ1) is 24.3. The molecule has 11 heteroatoms. The monoisotopic (exact) mass is 388 g/mol. The van der Waals surface area contributed by atoms with E-state index in [1.54, 1.807) is 6.92 Å². The van der Waals surface area contributed by atoms with Gasteiger partial charge in [-0.3, -0.25) is 24.0 Å². The molecule has 0 aliphatic rings. The Hall–Kier alpha value is -2.69. The maximum atomic E-state index is 12.6. The van der Waals surface area contributed by atoms with E-state index in [2.05, 4.69) is 16.0 Å². The smallest absolute Gasteiger partial charge is 0.322 e. The molecule has 0 aromatic carbocycles. The highest BCUT2D eigenvalue weighted by Gasteiger charge is 2.30. The lowest BCUT2D eigenvalue weighted by atomic mass is 9.97. The van der Waals surface area contributed by atoms with Crippen LogP contribution in [0.4, 0.5) is 0 Å². The summed E-state index contributed by atoms with van der Waals surface area (Å²) in [5, 5.41) is 24.4. The standard InChI is InChI=1S/C16H28N4O7/c1-4-8(2)13(20-14(25)9(3)17)16(27)19-10(5-6-11(21)22)15(26)18-7-12(23)24/h8-10,13H,4-7,17H2,1-3H3,(H,18,26)(H,19,27)(H,20,25)(H,21,22)(H,23,24). The summed E-state index contributed by atoms with van der Waals surface area (Å²) in [7, 11) is 0. The zero-order valence-electron chi connectivity index (χ0n) is 15.7. The normalized spacial score (nSPS) is 15.0. The number of rotatable bonds is 12. The van der Waals surface area contributed by atoms with Crippen molar-refractivity contribution in [3.63, 3.8) is 0 Å². The summed E-state index contributed by atoms with van der Waals surface area (Å²) in [4.78, 5) is 57.9. The molecule has 4 unspecified atom stereocenters. The summed E-state index contributed by atoms with van der Waals surface area (Å²) >= 11 is 0. The van der Waals surface area contributed by atoms with Crippen molar-refractivity contribution in [1.29, 1.82) is 0 Å². The molecule has 0 spiro atoms. The predicted molar refractivity (Wildman–Crippen MR) is 94.5 cm³/mol. The molecule has 0 aliphatic heterocycles. The number of hydrogen-bond donors (Lipinski definition) is 6. The molecule has 0 bridgehead atoms. The van der Waals surface area contributed by atoms with Crippen molar-refractivity contribution in [2.24, 2.45) is 11.7 Å². The maximum Gasteiger partial charge on any atom is 0.322 e. The summed E-state index contributed by atoms with van der Waals surface area (Å²) in [5.74, 6) is -4.80. The second kappa shape index (κ2) is 11.8. The molecule has 0 heterocycles. The molecule has 0 aromatic rings. The van der Waals surface area contributed by atoms with Crippen LogP contribution in [0.15, 0.2) is 0 Å². The van der Waals surface area contributed by atoms with Gasteiger partial charge in [0.1, 0.15) is 18.6 Å². The largest absolute Gasteiger partial charge is 0.481 e. The van der Waals surface area contributed by atoms with Gasteiger partial charge in [0, 0.05) is 6.42 Å². The molecule has 0 fully saturated rings. The summed E-state index contributed by atoms with van der Waals surface area (Å²) < 4.78 is 0. The van der Waals surface area contributed by atoms with Crippen LogP contribution in [0.3, 0.4) is 0 Å². The van der Waals surface area contributed by atoms with Gasteiger partial charge >= 0.3 is 11.9 Å². The Labute approximate surface area is 157 Å². The van der Waals surface area contributed by atoms with Gasteiger partial charge in [-0.2, -0.15) is 0 Å². The topological polar surface area (TPSA) is 188 Å². The molecule has 11 nitrogen and oxygen atoms in total. The third kappa shape index (κ3) is 9.54. The number of carboxylic acids is 2. The molecule has 3 amide bonds. The van der Waals surface area contributed by atoms with E-state index in [-0.39, 0.29) is 12.3 Å². The third-order valence-corrected chi connectivity index (χ3v) is 3.90. The lowest BCUT2D eigenvalue weighted by Gasteiger charge is -2.26.